The van der Waals surface area contributed by atoms with Gasteiger partial charge in [-0.2, -0.15) is 8.42 Å². The molecule has 1 aromatic carbocycles. The van der Waals surface area contributed by atoms with Crippen molar-refractivity contribution in [1.29, 1.82) is 0 Å². The minimum atomic E-state index is -3.74. The maximum atomic E-state index is 12.2. The highest BCUT2D eigenvalue weighted by Gasteiger charge is 2.69. The molecule has 4 rings (SSSR count). The van der Waals surface area contributed by atoms with Crippen molar-refractivity contribution in [1.82, 2.24) is 5.32 Å². The van der Waals surface area contributed by atoms with Gasteiger partial charge in [-0.25, -0.2) is 4.79 Å². The Morgan fingerprint density at radius 1 is 1.16 bits per heavy atom. The first-order chi connectivity index (χ1) is 11.4. The molecule has 0 saturated heterocycles. The number of amides is 1. The monoisotopic (exact) mass is 367 g/mol. The van der Waals surface area contributed by atoms with Crippen molar-refractivity contribution in [3.8, 4) is 0 Å². The van der Waals surface area contributed by atoms with E-state index in [-0.39, 0.29) is 22.5 Å². The first-order valence-electron chi connectivity index (χ1n) is 8.40. The summed E-state index contributed by atoms with van der Waals surface area (Å²) in [4.78, 5) is 12.0. The van der Waals surface area contributed by atoms with E-state index in [1.54, 1.807) is 24.3 Å². The fourth-order valence-electron chi connectivity index (χ4n) is 3.78. The Balaban J connectivity index is 1.50. The number of nitrogens with one attached hydrogen (secondary N) is 1. The molecule has 2 bridgehead atoms. The largest absolute Gasteiger partial charge is 0.444 e. The van der Waals surface area contributed by atoms with E-state index in [9.17, 15) is 13.2 Å². The standard InChI is InChI=1S/C18H25NO5S/c1-13-5-7-14(8-6-13)25(21,22)23-12-17-9-18(10-17,11-17)19-15(20)24-16(2,3)4/h5-8H,9-12H2,1-4H3,(H,19,20). The summed E-state index contributed by atoms with van der Waals surface area (Å²) in [6, 6.07) is 6.60. The second kappa shape index (κ2) is 5.71. The average molecular weight is 367 g/mol. The highest BCUT2D eigenvalue weighted by atomic mass is 32.2. The van der Waals surface area contributed by atoms with Crippen LogP contribution in [0.2, 0.25) is 0 Å². The van der Waals surface area contributed by atoms with E-state index in [0.717, 1.165) is 24.8 Å². The molecule has 0 atom stereocenters. The molecule has 7 heteroatoms. The second-order valence-corrected chi connectivity index (χ2v) is 10.1. The van der Waals surface area contributed by atoms with Crippen molar-refractivity contribution in [3.05, 3.63) is 29.8 Å². The molecule has 1 N–H and O–H groups in total. The van der Waals surface area contributed by atoms with Crippen molar-refractivity contribution >= 4 is 16.2 Å². The SMILES string of the molecule is Cc1ccc(S(=O)(=O)OCC23CC(NC(=O)OC(C)(C)C)(C2)C3)cc1. The Hall–Kier alpha value is -1.60. The molecule has 0 unspecified atom stereocenters. The summed E-state index contributed by atoms with van der Waals surface area (Å²) in [5.74, 6) is 0. The highest BCUT2D eigenvalue weighted by molar-refractivity contribution is 7.86. The lowest BCUT2D eigenvalue weighted by molar-refractivity contribution is -0.169. The number of benzene rings is 1. The van der Waals surface area contributed by atoms with Crippen LogP contribution in [0.4, 0.5) is 4.79 Å². The number of rotatable bonds is 5. The zero-order chi connectivity index (χ0) is 18.5. The Bertz CT molecular complexity index is 757. The molecule has 138 valence electrons. The second-order valence-electron chi connectivity index (χ2n) is 8.47. The van der Waals surface area contributed by atoms with Gasteiger partial charge in [-0.15, -0.1) is 0 Å². The number of carbonyl (C=O) groups excluding carboxylic acids is 1. The summed E-state index contributed by atoms with van der Waals surface area (Å²) in [5.41, 5.74) is 0.0661. The van der Waals surface area contributed by atoms with Crippen LogP contribution in [0, 0.1) is 12.3 Å². The fraction of sp³-hybridized carbons (Fsp3) is 0.611. The molecule has 3 aliphatic carbocycles. The van der Waals surface area contributed by atoms with Gasteiger partial charge in [0.25, 0.3) is 10.1 Å². The van der Waals surface area contributed by atoms with Crippen molar-refractivity contribution in [3.63, 3.8) is 0 Å². The number of carbonyl (C=O) groups is 1. The van der Waals surface area contributed by atoms with Gasteiger partial charge < -0.3 is 10.1 Å². The van der Waals surface area contributed by atoms with E-state index in [1.807, 2.05) is 27.7 Å². The summed E-state index contributed by atoms with van der Waals surface area (Å²) < 4.78 is 35.0. The van der Waals surface area contributed by atoms with Gasteiger partial charge in [-0.05, 0) is 59.1 Å². The van der Waals surface area contributed by atoms with E-state index >= 15 is 0 Å². The van der Waals surface area contributed by atoms with Crippen molar-refractivity contribution in [2.45, 2.75) is 63.0 Å². The summed E-state index contributed by atoms with van der Waals surface area (Å²) >= 11 is 0. The average Bonchev–Trinajstić information content (AvgIpc) is 2.38. The van der Waals surface area contributed by atoms with Crippen LogP contribution in [0.3, 0.4) is 0 Å². The maximum Gasteiger partial charge on any atom is 0.408 e. The Morgan fingerprint density at radius 3 is 2.24 bits per heavy atom. The van der Waals surface area contributed by atoms with Crippen LogP contribution in [-0.2, 0) is 19.0 Å². The van der Waals surface area contributed by atoms with E-state index in [1.165, 1.54) is 0 Å². The van der Waals surface area contributed by atoms with Crippen LogP contribution >= 0.6 is 0 Å². The van der Waals surface area contributed by atoms with E-state index < -0.39 is 21.8 Å². The maximum absolute atomic E-state index is 12.2. The van der Waals surface area contributed by atoms with Gasteiger partial charge in [0, 0.05) is 11.0 Å². The lowest BCUT2D eigenvalue weighted by Crippen LogP contribution is -2.76. The Morgan fingerprint density at radius 2 is 1.72 bits per heavy atom. The van der Waals surface area contributed by atoms with Gasteiger partial charge in [0.2, 0.25) is 0 Å². The number of hydrogen-bond acceptors (Lipinski definition) is 5. The zero-order valence-corrected chi connectivity index (χ0v) is 15.9. The molecule has 0 spiro atoms. The number of hydrogen-bond donors (Lipinski definition) is 1. The summed E-state index contributed by atoms with van der Waals surface area (Å²) in [6.07, 6.45) is 1.75. The van der Waals surface area contributed by atoms with Crippen molar-refractivity contribution in [2.75, 3.05) is 6.61 Å². The van der Waals surface area contributed by atoms with Crippen LogP contribution in [0.5, 0.6) is 0 Å². The fourth-order valence-corrected chi connectivity index (χ4v) is 4.79. The normalized spacial score (nSPS) is 27.8. The van der Waals surface area contributed by atoms with E-state index in [0.29, 0.717) is 0 Å². The zero-order valence-electron chi connectivity index (χ0n) is 15.1. The summed E-state index contributed by atoms with van der Waals surface area (Å²) in [6.45, 7) is 7.51. The molecule has 0 aromatic heterocycles. The molecule has 1 aromatic rings. The minimum Gasteiger partial charge on any atom is -0.444 e. The Labute approximate surface area is 149 Å². The minimum absolute atomic E-state index is 0.146. The number of alkyl carbamates (subject to hydrolysis) is 1. The summed E-state index contributed by atoms with van der Waals surface area (Å²) in [5, 5.41) is 2.91. The number of aryl methyl sites for hydroxylation is 1. The van der Waals surface area contributed by atoms with Gasteiger partial charge in [-0.3, -0.25) is 4.18 Å². The molecule has 3 fully saturated rings. The molecule has 0 heterocycles. The highest BCUT2D eigenvalue weighted by Crippen LogP contribution is 2.67. The third kappa shape index (κ3) is 3.82. The van der Waals surface area contributed by atoms with E-state index in [4.69, 9.17) is 8.92 Å². The van der Waals surface area contributed by atoms with Gasteiger partial charge in [-0.1, -0.05) is 17.7 Å². The predicted molar refractivity (Wildman–Crippen MR) is 92.7 cm³/mol. The van der Waals surface area contributed by atoms with Gasteiger partial charge in [0.1, 0.15) is 5.60 Å². The van der Waals surface area contributed by atoms with Crippen molar-refractivity contribution in [2.24, 2.45) is 5.41 Å². The first-order valence-corrected chi connectivity index (χ1v) is 9.81. The molecule has 0 radical (unpaired) electrons. The van der Waals surface area contributed by atoms with Crippen molar-refractivity contribution < 1.29 is 22.1 Å². The van der Waals surface area contributed by atoms with Crippen LogP contribution < -0.4 is 5.32 Å². The topological polar surface area (TPSA) is 81.7 Å². The molecular formula is C18H25NO5S. The van der Waals surface area contributed by atoms with E-state index in [2.05, 4.69) is 5.32 Å². The van der Waals surface area contributed by atoms with Crippen LogP contribution in [-0.4, -0.2) is 32.3 Å². The third-order valence-corrected chi connectivity index (χ3v) is 6.01. The van der Waals surface area contributed by atoms with Crippen LogP contribution in [0.25, 0.3) is 0 Å². The predicted octanol–water partition coefficient (Wildman–Crippen LogP) is 3.15. The molecule has 6 nitrogen and oxygen atoms in total. The van der Waals surface area contributed by atoms with Gasteiger partial charge in [0.05, 0.1) is 11.5 Å². The Kier molecular flexibility index (Phi) is 4.15. The molecule has 1 amide bonds. The molecular weight excluding hydrogens is 342 g/mol. The quantitative estimate of drug-likeness (QED) is 0.809. The number of ether oxygens (including phenoxy) is 1. The van der Waals surface area contributed by atoms with Gasteiger partial charge >= 0.3 is 6.09 Å². The van der Waals surface area contributed by atoms with Crippen LogP contribution in [0.15, 0.2) is 29.2 Å². The molecule has 3 aliphatic rings. The van der Waals surface area contributed by atoms with Gasteiger partial charge in [0.15, 0.2) is 0 Å². The molecule has 25 heavy (non-hydrogen) atoms. The smallest absolute Gasteiger partial charge is 0.408 e. The van der Waals surface area contributed by atoms with Crippen LogP contribution in [0.1, 0.15) is 45.6 Å². The third-order valence-electron chi connectivity index (χ3n) is 4.74. The molecule has 3 saturated carbocycles. The summed E-state index contributed by atoms with van der Waals surface area (Å²) in [7, 11) is -3.74. The first kappa shape index (κ1) is 18.2. The lowest BCUT2D eigenvalue weighted by Gasteiger charge is -2.70. The molecule has 0 aliphatic heterocycles. The lowest BCUT2D eigenvalue weighted by atomic mass is 9.40.